The number of carbonyl (C=O) groups is 2. The van der Waals surface area contributed by atoms with Crippen molar-refractivity contribution < 1.29 is 23.1 Å². The number of ether oxygens (including phenoxy) is 1. The van der Waals surface area contributed by atoms with E-state index in [1.54, 1.807) is 22.8 Å². The van der Waals surface area contributed by atoms with E-state index in [0.717, 1.165) is 25.3 Å². The number of aromatic nitrogens is 4. The maximum absolute atomic E-state index is 14.1. The molecule has 2 amide bonds. The molecular formula is C27H35F2N7O3. The first kappa shape index (κ1) is 28.1. The van der Waals surface area contributed by atoms with Crippen LogP contribution in [0.4, 0.5) is 19.4 Å². The Kier molecular flexibility index (Phi) is 7.42. The van der Waals surface area contributed by atoms with Crippen molar-refractivity contribution in [3.63, 3.8) is 0 Å². The average Bonchev–Trinajstić information content (AvgIpc) is 3.41. The van der Waals surface area contributed by atoms with Crippen molar-refractivity contribution in [1.29, 1.82) is 0 Å². The Labute approximate surface area is 225 Å². The van der Waals surface area contributed by atoms with Crippen molar-refractivity contribution >= 4 is 17.8 Å². The molecule has 4 rings (SSSR count). The van der Waals surface area contributed by atoms with Gasteiger partial charge in [0, 0.05) is 30.9 Å². The van der Waals surface area contributed by atoms with E-state index < -0.39 is 23.1 Å². The molecule has 0 bridgehead atoms. The van der Waals surface area contributed by atoms with Gasteiger partial charge in [0.2, 0.25) is 0 Å². The number of nitrogens with two attached hydrogens (primary N) is 2. The van der Waals surface area contributed by atoms with Crippen molar-refractivity contribution in [3.8, 4) is 11.3 Å². The number of hydrogen-bond acceptors (Lipinski definition) is 6. The Morgan fingerprint density at radius 2 is 1.95 bits per heavy atom. The van der Waals surface area contributed by atoms with Crippen LogP contribution >= 0.6 is 0 Å². The number of nitrogen functional groups attached to an aromatic ring is 1. The lowest BCUT2D eigenvalue weighted by Gasteiger charge is -2.46. The number of halogens is 2. The van der Waals surface area contributed by atoms with Gasteiger partial charge in [0.1, 0.15) is 22.7 Å². The van der Waals surface area contributed by atoms with Gasteiger partial charge >= 0.3 is 6.09 Å². The monoisotopic (exact) mass is 543 g/mol. The number of rotatable bonds is 8. The molecule has 1 aromatic carbocycles. The number of benzene rings is 1. The lowest BCUT2D eigenvalue weighted by Crippen LogP contribution is -2.41. The van der Waals surface area contributed by atoms with Gasteiger partial charge in [0.05, 0.1) is 18.8 Å². The van der Waals surface area contributed by atoms with Crippen molar-refractivity contribution in [2.75, 3.05) is 19.3 Å². The summed E-state index contributed by atoms with van der Waals surface area (Å²) in [6.07, 6.45) is 4.95. The van der Waals surface area contributed by atoms with Gasteiger partial charge < -0.3 is 21.1 Å². The summed E-state index contributed by atoms with van der Waals surface area (Å²) in [5, 5.41) is 8.84. The largest absolute Gasteiger partial charge is 0.444 e. The van der Waals surface area contributed by atoms with Crippen molar-refractivity contribution in [2.45, 2.75) is 65.1 Å². The number of carbonyl (C=O) groups excluding carboxylic acids is 2. The first-order chi connectivity index (χ1) is 18.2. The molecule has 12 heteroatoms. The van der Waals surface area contributed by atoms with Crippen LogP contribution in [0.15, 0.2) is 30.6 Å². The maximum Gasteiger partial charge on any atom is 0.410 e. The summed E-state index contributed by atoms with van der Waals surface area (Å²) in [4.78, 5) is 26.2. The maximum atomic E-state index is 14.1. The fraction of sp³-hybridized carbons (Fsp3) is 0.481. The predicted octanol–water partition coefficient (Wildman–Crippen LogP) is 4.35. The number of anilines is 1. The van der Waals surface area contributed by atoms with E-state index in [-0.39, 0.29) is 46.7 Å². The minimum Gasteiger partial charge on any atom is -0.444 e. The van der Waals surface area contributed by atoms with Gasteiger partial charge in [0.25, 0.3) is 5.91 Å². The van der Waals surface area contributed by atoms with Crippen LogP contribution in [0.5, 0.6) is 0 Å². The zero-order valence-electron chi connectivity index (χ0n) is 22.9. The summed E-state index contributed by atoms with van der Waals surface area (Å²) in [6, 6.07) is 3.89. The van der Waals surface area contributed by atoms with Gasteiger partial charge in [-0.2, -0.15) is 10.2 Å². The molecule has 2 heterocycles. The Balaban J connectivity index is 1.47. The second-order valence-electron chi connectivity index (χ2n) is 11.6. The van der Waals surface area contributed by atoms with Gasteiger partial charge in [-0.1, -0.05) is 19.1 Å². The van der Waals surface area contributed by atoms with Crippen LogP contribution in [0.1, 0.15) is 68.9 Å². The number of primary amides is 1. The number of amides is 2. The summed E-state index contributed by atoms with van der Waals surface area (Å²) >= 11 is 0. The molecule has 0 spiro atoms. The molecule has 210 valence electrons. The van der Waals surface area contributed by atoms with E-state index in [9.17, 15) is 18.4 Å². The van der Waals surface area contributed by atoms with Gasteiger partial charge in [-0.15, -0.1) is 0 Å². The third-order valence-corrected chi connectivity index (χ3v) is 7.02. The Bertz CT molecular complexity index is 1390. The van der Waals surface area contributed by atoms with Crippen molar-refractivity contribution in [3.05, 3.63) is 53.4 Å². The zero-order chi connectivity index (χ0) is 28.7. The molecular weight excluding hydrogens is 508 g/mol. The molecule has 3 aromatic rings. The SMILES string of the molecule is CN(CCC1(C)CC(n2nc(-c3cnn(Cc4cccc(F)c4F)c3)c(C(N)=O)c2N)C1)C(=O)OC(C)(C)C. The quantitative estimate of drug-likeness (QED) is 0.434. The Morgan fingerprint density at radius 1 is 1.26 bits per heavy atom. The van der Waals surface area contributed by atoms with Crippen LogP contribution in [0.3, 0.4) is 0 Å². The minimum atomic E-state index is -0.939. The van der Waals surface area contributed by atoms with Gasteiger partial charge in [0.15, 0.2) is 11.6 Å². The van der Waals surface area contributed by atoms with Crippen LogP contribution in [0.25, 0.3) is 11.3 Å². The van der Waals surface area contributed by atoms with Crippen LogP contribution < -0.4 is 11.5 Å². The zero-order valence-corrected chi connectivity index (χ0v) is 22.9. The second kappa shape index (κ2) is 10.3. The molecule has 1 saturated carbocycles. The summed E-state index contributed by atoms with van der Waals surface area (Å²) in [5.41, 5.74) is 12.4. The van der Waals surface area contributed by atoms with Gasteiger partial charge in [-0.3, -0.25) is 9.48 Å². The molecule has 0 saturated heterocycles. The highest BCUT2D eigenvalue weighted by Gasteiger charge is 2.43. The van der Waals surface area contributed by atoms with Gasteiger partial charge in [-0.25, -0.2) is 18.3 Å². The van der Waals surface area contributed by atoms with Crippen LogP contribution in [0, 0.1) is 17.0 Å². The normalized spacial score (nSPS) is 19.0. The smallest absolute Gasteiger partial charge is 0.410 e. The molecule has 1 fully saturated rings. The van der Waals surface area contributed by atoms with E-state index >= 15 is 0 Å². The Hall–Kier alpha value is -3.96. The molecule has 39 heavy (non-hydrogen) atoms. The first-order valence-electron chi connectivity index (χ1n) is 12.7. The van der Waals surface area contributed by atoms with E-state index in [1.807, 2.05) is 20.8 Å². The topological polar surface area (TPSA) is 134 Å². The highest BCUT2D eigenvalue weighted by atomic mass is 19.2. The van der Waals surface area contributed by atoms with E-state index in [0.29, 0.717) is 12.1 Å². The highest BCUT2D eigenvalue weighted by molar-refractivity contribution is 6.03. The van der Waals surface area contributed by atoms with Gasteiger partial charge in [-0.05, 0) is 51.5 Å². The van der Waals surface area contributed by atoms with Crippen molar-refractivity contribution in [1.82, 2.24) is 24.5 Å². The second-order valence-corrected chi connectivity index (χ2v) is 11.6. The lowest BCUT2D eigenvalue weighted by atomic mass is 9.65. The van der Waals surface area contributed by atoms with Crippen LogP contribution in [-0.2, 0) is 11.3 Å². The molecule has 4 N–H and O–H groups in total. The molecule has 0 unspecified atom stereocenters. The van der Waals surface area contributed by atoms with Crippen molar-refractivity contribution in [2.24, 2.45) is 11.1 Å². The predicted molar refractivity (Wildman–Crippen MR) is 142 cm³/mol. The third-order valence-electron chi connectivity index (χ3n) is 7.02. The van der Waals surface area contributed by atoms with Crippen LogP contribution in [0.2, 0.25) is 0 Å². The molecule has 0 aliphatic heterocycles. The third kappa shape index (κ3) is 6.04. The molecule has 0 atom stereocenters. The fourth-order valence-corrected chi connectivity index (χ4v) is 4.91. The molecule has 10 nitrogen and oxygen atoms in total. The van der Waals surface area contributed by atoms with E-state index in [1.165, 1.54) is 23.0 Å². The lowest BCUT2D eigenvalue weighted by molar-refractivity contribution is 0.0197. The first-order valence-corrected chi connectivity index (χ1v) is 12.7. The Morgan fingerprint density at radius 3 is 2.59 bits per heavy atom. The van der Waals surface area contributed by atoms with E-state index in [2.05, 4.69) is 17.1 Å². The minimum absolute atomic E-state index is 0.00951. The molecule has 1 aliphatic rings. The highest BCUT2D eigenvalue weighted by Crippen LogP contribution is 2.51. The van der Waals surface area contributed by atoms with Crippen LogP contribution in [-0.4, -0.2) is 55.7 Å². The standard InChI is InChI=1S/C27H35F2N7O3/c1-26(2,3)39-25(38)34(5)10-9-27(4)11-18(12-27)36-23(30)20(24(31)37)22(33-36)17-13-32-35(15-17)14-16-7-6-8-19(28)21(16)29/h6-8,13,15,18H,9-12,14,30H2,1-5H3,(H2,31,37). The fourth-order valence-electron chi connectivity index (χ4n) is 4.91. The number of hydrogen-bond donors (Lipinski definition) is 2. The number of nitrogens with zero attached hydrogens (tertiary/aromatic N) is 5. The average molecular weight is 544 g/mol. The molecule has 2 aromatic heterocycles. The summed E-state index contributed by atoms with van der Waals surface area (Å²) in [5.74, 6) is -2.43. The summed E-state index contributed by atoms with van der Waals surface area (Å²) < 4.78 is 36.2. The molecule has 0 radical (unpaired) electrons. The summed E-state index contributed by atoms with van der Waals surface area (Å²) in [7, 11) is 1.72. The summed E-state index contributed by atoms with van der Waals surface area (Å²) in [6.45, 7) is 8.15. The van der Waals surface area contributed by atoms with E-state index in [4.69, 9.17) is 16.2 Å². The molecule has 1 aliphatic carbocycles.